The highest BCUT2D eigenvalue weighted by atomic mass is 16.4. The first-order valence-corrected chi connectivity index (χ1v) is 5.59. The molecule has 0 heterocycles. The summed E-state index contributed by atoms with van der Waals surface area (Å²) in [5.74, 6) is -1.57. The van der Waals surface area contributed by atoms with Crippen molar-refractivity contribution in [2.45, 2.75) is 51.9 Å². The van der Waals surface area contributed by atoms with Gasteiger partial charge in [0, 0.05) is 19.4 Å². The second-order valence-corrected chi connectivity index (χ2v) is 3.43. The molecular formula is C11H22O5. The van der Waals surface area contributed by atoms with E-state index in [1.165, 1.54) is 0 Å². The topological polar surface area (TPSA) is 94.8 Å². The number of rotatable bonds is 8. The molecule has 5 nitrogen and oxygen atoms in total. The monoisotopic (exact) mass is 234 g/mol. The zero-order valence-corrected chi connectivity index (χ0v) is 9.81. The van der Waals surface area contributed by atoms with Gasteiger partial charge in [0.15, 0.2) is 0 Å². The quantitative estimate of drug-likeness (QED) is 0.557. The van der Waals surface area contributed by atoms with Gasteiger partial charge in [-0.25, -0.2) is 0 Å². The number of carboxylic acids is 2. The Labute approximate surface area is 96.1 Å². The molecule has 5 heteroatoms. The van der Waals surface area contributed by atoms with Gasteiger partial charge >= 0.3 is 11.9 Å². The standard InChI is InChI=1S/C8H14O4.C3H8O/c9-7(10)5-3-1-2-4-6-8(11)12;1-2-3-4/h1-6H2,(H,9,10)(H,11,12);4H,2-3H2,1H3. The van der Waals surface area contributed by atoms with E-state index in [0.717, 1.165) is 19.3 Å². The highest BCUT2D eigenvalue weighted by Gasteiger charge is 1.98. The molecule has 0 aromatic heterocycles. The predicted molar refractivity (Wildman–Crippen MR) is 60.4 cm³/mol. The third-order valence-electron chi connectivity index (χ3n) is 1.75. The largest absolute Gasteiger partial charge is 0.481 e. The van der Waals surface area contributed by atoms with E-state index in [4.69, 9.17) is 15.3 Å². The molecular weight excluding hydrogens is 212 g/mol. The van der Waals surface area contributed by atoms with Gasteiger partial charge in [-0.05, 0) is 19.3 Å². The van der Waals surface area contributed by atoms with Gasteiger partial charge in [0.25, 0.3) is 0 Å². The van der Waals surface area contributed by atoms with Crippen molar-refractivity contribution in [3.05, 3.63) is 0 Å². The SMILES string of the molecule is CCCO.O=C(O)CCCCCCC(=O)O. The second kappa shape index (κ2) is 13.9. The molecule has 0 spiro atoms. The normalized spacial score (nSPS) is 9.12. The minimum Gasteiger partial charge on any atom is -0.481 e. The summed E-state index contributed by atoms with van der Waals surface area (Å²) in [6.07, 6.45) is 4.16. The van der Waals surface area contributed by atoms with Crippen LogP contribution in [-0.4, -0.2) is 33.9 Å². The molecule has 0 bridgehead atoms. The van der Waals surface area contributed by atoms with E-state index in [1.807, 2.05) is 6.92 Å². The summed E-state index contributed by atoms with van der Waals surface area (Å²) in [6.45, 7) is 2.25. The van der Waals surface area contributed by atoms with Gasteiger partial charge in [0.1, 0.15) is 0 Å². The van der Waals surface area contributed by atoms with E-state index in [-0.39, 0.29) is 12.8 Å². The Balaban J connectivity index is 0. The first-order chi connectivity index (χ1) is 7.54. The van der Waals surface area contributed by atoms with E-state index in [1.54, 1.807) is 0 Å². The first kappa shape index (κ1) is 17.3. The number of carboxylic acid groups (broad SMARTS) is 2. The Hall–Kier alpha value is -1.10. The van der Waals surface area contributed by atoms with E-state index < -0.39 is 11.9 Å². The maximum absolute atomic E-state index is 10.0. The molecule has 0 rings (SSSR count). The van der Waals surface area contributed by atoms with Crippen LogP contribution in [0.1, 0.15) is 51.9 Å². The Morgan fingerprint density at radius 2 is 1.19 bits per heavy atom. The van der Waals surface area contributed by atoms with Crippen molar-refractivity contribution in [1.82, 2.24) is 0 Å². The van der Waals surface area contributed by atoms with Gasteiger partial charge in [-0.2, -0.15) is 0 Å². The highest BCUT2D eigenvalue weighted by molar-refractivity contribution is 5.66. The van der Waals surface area contributed by atoms with Crippen molar-refractivity contribution in [3.8, 4) is 0 Å². The zero-order chi connectivity index (χ0) is 12.8. The lowest BCUT2D eigenvalue weighted by Gasteiger charge is -1.96. The van der Waals surface area contributed by atoms with Crippen molar-refractivity contribution >= 4 is 11.9 Å². The van der Waals surface area contributed by atoms with E-state index in [0.29, 0.717) is 19.4 Å². The van der Waals surface area contributed by atoms with Crippen molar-refractivity contribution < 1.29 is 24.9 Å². The van der Waals surface area contributed by atoms with Crippen LogP contribution in [0.5, 0.6) is 0 Å². The molecule has 0 atom stereocenters. The summed E-state index contributed by atoms with van der Waals surface area (Å²) in [5.41, 5.74) is 0. The van der Waals surface area contributed by atoms with Crippen molar-refractivity contribution in [2.75, 3.05) is 6.61 Å². The third-order valence-corrected chi connectivity index (χ3v) is 1.75. The van der Waals surface area contributed by atoms with Gasteiger partial charge in [-0.15, -0.1) is 0 Å². The number of aliphatic carboxylic acids is 2. The molecule has 0 aliphatic rings. The summed E-state index contributed by atoms with van der Waals surface area (Å²) in [5, 5.41) is 24.4. The van der Waals surface area contributed by atoms with Crippen LogP contribution in [0.25, 0.3) is 0 Å². The fraction of sp³-hybridized carbons (Fsp3) is 0.818. The highest BCUT2D eigenvalue weighted by Crippen LogP contribution is 2.04. The smallest absolute Gasteiger partial charge is 0.303 e. The summed E-state index contributed by atoms with van der Waals surface area (Å²) in [6, 6.07) is 0. The van der Waals surface area contributed by atoms with Crippen molar-refractivity contribution in [3.63, 3.8) is 0 Å². The first-order valence-electron chi connectivity index (χ1n) is 5.59. The van der Waals surface area contributed by atoms with E-state index in [9.17, 15) is 9.59 Å². The van der Waals surface area contributed by atoms with Gasteiger partial charge in [0.05, 0.1) is 0 Å². The van der Waals surface area contributed by atoms with Crippen LogP contribution in [-0.2, 0) is 9.59 Å². The van der Waals surface area contributed by atoms with Crippen LogP contribution in [0, 0.1) is 0 Å². The average molecular weight is 234 g/mol. The maximum atomic E-state index is 10.0. The molecule has 0 radical (unpaired) electrons. The molecule has 0 aromatic carbocycles. The molecule has 0 unspecified atom stereocenters. The summed E-state index contributed by atoms with van der Waals surface area (Å²) in [7, 11) is 0. The summed E-state index contributed by atoms with van der Waals surface area (Å²) >= 11 is 0. The van der Waals surface area contributed by atoms with Gasteiger partial charge in [-0.1, -0.05) is 19.8 Å². The van der Waals surface area contributed by atoms with Crippen LogP contribution in [0.4, 0.5) is 0 Å². The molecule has 3 N–H and O–H groups in total. The predicted octanol–water partition coefficient (Wildman–Crippen LogP) is 1.88. The van der Waals surface area contributed by atoms with Crippen LogP contribution < -0.4 is 0 Å². The molecule has 0 aliphatic heterocycles. The number of hydrogen-bond donors (Lipinski definition) is 3. The molecule has 0 saturated carbocycles. The number of hydrogen-bond acceptors (Lipinski definition) is 3. The summed E-state index contributed by atoms with van der Waals surface area (Å²) < 4.78 is 0. The third kappa shape index (κ3) is 23.1. The lowest BCUT2D eigenvalue weighted by molar-refractivity contribution is -0.138. The number of carbonyl (C=O) groups is 2. The average Bonchev–Trinajstić information content (AvgIpc) is 2.23. The van der Waals surface area contributed by atoms with Gasteiger partial charge in [-0.3, -0.25) is 9.59 Å². The number of aliphatic hydroxyl groups is 1. The van der Waals surface area contributed by atoms with Gasteiger partial charge < -0.3 is 15.3 Å². The number of aliphatic hydroxyl groups excluding tert-OH is 1. The minimum absolute atomic E-state index is 0.188. The fourth-order valence-corrected chi connectivity index (χ4v) is 0.906. The Bertz CT molecular complexity index is 159. The molecule has 0 amide bonds. The van der Waals surface area contributed by atoms with Crippen molar-refractivity contribution in [1.29, 1.82) is 0 Å². The Morgan fingerprint density at radius 3 is 1.38 bits per heavy atom. The Kier molecular flexibility index (Phi) is 15.0. The lowest BCUT2D eigenvalue weighted by atomic mass is 10.1. The Morgan fingerprint density at radius 1 is 0.875 bits per heavy atom. The second-order valence-electron chi connectivity index (χ2n) is 3.43. The van der Waals surface area contributed by atoms with Crippen LogP contribution in [0.15, 0.2) is 0 Å². The number of unbranched alkanes of at least 4 members (excludes halogenated alkanes) is 3. The fourth-order valence-electron chi connectivity index (χ4n) is 0.906. The van der Waals surface area contributed by atoms with Crippen molar-refractivity contribution in [2.24, 2.45) is 0 Å². The molecule has 0 aromatic rings. The van der Waals surface area contributed by atoms with Crippen LogP contribution >= 0.6 is 0 Å². The summed E-state index contributed by atoms with van der Waals surface area (Å²) in [4.78, 5) is 20.1. The van der Waals surface area contributed by atoms with E-state index >= 15 is 0 Å². The lowest BCUT2D eigenvalue weighted by Crippen LogP contribution is -1.95. The van der Waals surface area contributed by atoms with Gasteiger partial charge in [0.2, 0.25) is 0 Å². The maximum Gasteiger partial charge on any atom is 0.303 e. The molecule has 0 fully saturated rings. The van der Waals surface area contributed by atoms with E-state index in [2.05, 4.69) is 0 Å². The molecule has 96 valence electrons. The van der Waals surface area contributed by atoms with Crippen LogP contribution in [0.2, 0.25) is 0 Å². The molecule has 16 heavy (non-hydrogen) atoms. The minimum atomic E-state index is -0.784. The zero-order valence-electron chi connectivity index (χ0n) is 9.81. The molecule has 0 aliphatic carbocycles. The molecule has 0 saturated heterocycles. The van der Waals surface area contributed by atoms with Crippen LogP contribution in [0.3, 0.4) is 0 Å².